The van der Waals surface area contributed by atoms with Gasteiger partial charge in [-0.3, -0.25) is 0 Å². The first-order chi connectivity index (χ1) is 7.29. The minimum absolute atomic E-state index is 0.0511. The maximum Gasteiger partial charge on any atom is 0.573 e. The van der Waals surface area contributed by atoms with Crippen LogP contribution in [0.5, 0.6) is 5.75 Å². The van der Waals surface area contributed by atoms with E-state index < -0.39 is 6.36 Å². The quantitative estimate of drug-likeness (QED) is 0.824. The Hall–Kier alpha value is -1.02. The third-order valence-corrected chi connectivity index (χ3v) is 2.37. The number of anilines is 1. The Balaban J connectivity index is 2.99. The summed E-state index contributed by atoms with van der Waals surface area (Å²) in [6, 6.07) is 4.06. The molecule has 1 aromatic carbocycles. The van der Waals surface area contributed by atoms with Crippen LogP contribution in [0.25, 0.3) is 0 Å². The van der Waals surface area contributed by atoms with Crippen LogP contribution in [0.15, 0.2) is 22.7 Å². The summed E-state index contributed by atoms with van der Waals surface area (Å²) in [5.41, 5.74) is 5.51. The summed E-state index contributed by atoms with van der Waals surface area (Å²) in [5.74, 6) is -0.367. The zero-order valence-corrected chi connectivity index (χ0v) is 10.0. The van der Waals surface area contributed by atoms with Gasteiger partial charge in [-0.15, -0.1) is 13.2 Å². The molecule has 88 valence electrons. The number of alkyl halides is 3. The van der Waals surface area contributed by atoms with Gasteiger partial charge in [-0.05, 0) is 40.3 Å². The first-order valence-corrected chi connectivity index (χ1v) is 5.10. The third-order valence-electron chi connectivity index (χ3n) is 1.45. The highest BCUT2D eigenvalue weighted by Crippen LogP contribution is 2.35. The zero-order valence-electron chi connectivity index (χ0n) is 7.64. The van der Waals surface area contributed by atoms with E-state index in [0.717, 1.165) is 0 Å². The van der Waals surface area contributed by atoms with Gasteiger partial charge in [-0.25, -0.2) is 0 Å². The second-order valence-electron chi connectivity index (χ2n) is 2.65. The molecule has 0 atom stereocenters. The van der Waals surface area contributed by atoms with Crippen molar-refractivity contribution in [3.05, 3.63) is 22.7 Å². The summed E-state index contributed by atoms with van der Waals surface area (Å²) >= 11 is 7.53. The third kappa shape index (κ3) is 3.86. The van der Waals surface area contributed by atoms with E-state index in [1.54, 1.807) is 0 Å². The summed E-state index contributed by atoms with van der Waals surface area (Å²) in [4.78, 5) is 0. The average Bonchev–Trinajstić information content (AvgIpc) is 2.09. The normalized spacial score (nSPS) is 11.0. The SMILES string of the molecule is NC(=S)Nc1cccc(OC(F)(F)F)c1Br. The maximum atomic E-state index is 12.0. The molecule has 0 spiro atoms. The van der Waals surface area contributed by atoms with Crippen LogP contribution in [0.1, 0.15) is 0 Å². The smallest absolute Gasteiger partial charge is 0.405 e. The van der Waals surface area contributed by atoms with Crippen molar-refractivity contribution in [1.29, 1.82) is 0 Å². The minimum Gasteiger partial charge on any atom is -0.405 e. The minimum atomic E-state index is -4.75. The van der Waals surface area contributed by atoms with E-state index in [2.05, 4.69) is 38.2 Å². The maximum absolute atomic E-state index is 12.0. The monoisotopic (exact) mass is 314 g/mol. The number of nitrogens with one attached hydrogen (secondary N) is 1. The highest BCUT2D eigenvalue weighted by molar-refractivity contribution is 9.10. The number of thiocarbonyl (C=S) groups is 1. The fraction of sp³-hybridized carbons (Fsp3) is 0.125. The van der Waals surface area contributed by atoms with Crippen molar-refractivity contribution in [3.63, 3.8) is 0 Å². The molecule has 0 saturated heterocycles. The summed E-state index contributed by atoms with van der Waals surface area (Å²) in [6.45, 7) is 0. The summed E-state index contributed by atoms with van der Waals surface area (Å²) in [7, 11) is 0. The van der Waals surface area contributed by atoms with Crippen molar-refractivity contribution < 1.29 is 17.9 Å². The molecular weight excluding hydrogens is 309 g/mol. The predicted molar refractivity (Wildman–Crippen MR) is 61.2 cm³/mol. The van der Waals surface area contributed by atoms with Crippen LogP contribution in [0.2, 0.25) is 0 Å². The van der Waals surface area contributed by atoms with Crippen LogP contribution in [-0.2, 0) is 0 Å². The van der Waals surface area contributed by atoms with Crippen LogP contribution in [-0.4, -0.2) is 11.5 Å². The molecule has 0 unspecified atom stereocenters. The molecule has 0 heterocycles. The fourth-order valence-corrected chi connectivity index (χ4v) is 1.50. The second kappa shape index (κ2) is 4.88. The Morgan fingerprint density at radius 3 is 2.56 bits per heavy atom. The molecule has 1 aromatic rings. The van der Waals surface area contributed by atoms with Crippen molar-refractivity contribution in [3.8, 4) is 5.75 Å². The molecule has 0 aliphatic heterocycles. The highest BCUT2D eigenvalue weighted by atomic mass is 79.9. The van der Waals surface area contributed by atoms with E-state index in [-0.39, 0.29) is 15.3 Å². The van der Waals surface area contributed by atoms with Crippen LogP contribution in [0.4, 0.5) is 18.9 Å². The lowest BCUT2D eigenvalue weighted by molar-refractivity contribution is -0.274. The van der Waals surface area contributed by atoms with Crippen LogP contribution >= 0.6 is 28.1 Å². The molecule has 0 saturated carbocycles. The number of hydrogen-bond donors (Lipinski definition) is 2. The van der Waals surface area contributed by atoms with E-state index >= 15 is 0 Å². The van der Waals surface area contributed by atoms with E-state index in [9.17, 15) is 13.2 Å². The van der Waals surface area contributed by atoms with Gasteiger partial charge in [-0.2, -0.15) is 0 Å². The standard InChI is InChI=1S/C8H6BrF3N2OS/c9-6-4(14-7(13)16)2-1-3-5(6)15-8(10,11)12/h1-3H,(H3,13,14,16). The average molecular weight is 315 g/mol. The van der Waals surface area contributed by atoms with Crippen molar-refractivity contribution in [2.75, 3.05) is 5.32 Å². The van der Waals surface area contributed by atoms with Gasteiger partial charge in [0.25, 0.3) is 0 Å². The number of ether oxygens (including phenoxy) is 1. The molecule has 3 N–H and O–H groups in total. The summed E-state index contributed by atoms with van der Waals surface area (Å²) < 4.78 is 39.9. The van der Waals surface area contributed by atoms with E-state index in [4.69, 9.17) is 5.73 Å². The fourth-order valence-electron chi connectivity index (χ4n) is 0.944. The first kappa shape index (κ1) is 13.0. The number of hydrogen-bond acceptors (Lipinski definition) is 2. The Morgan fingerprint density at radius 1 is 1.44 bits per heavy atom. The van der Waals surface area contributed by atoms with Gasteiger partial charge in [0.2, 0.25) is 0 Å². The molecule has 0 aliphatic carbocycles. The van der Waals surface area contributed by atoms with Gasteiger partial charge >= 0.3 is 6.36 Å². The molecule has 0 bridgehead atoms. The molecule has 8 heteroatoms. The lowest BCUT2D eigenvalue weighted by Crippen LogP contribution is -2.20. The lowest BCUT2D eigenvalue weighted by Gasteiger charge is -2.13. The van der Waals surface area contributed by atoms with Crippen LogP contribution in [0.3, 0.4) is 0 Å². The topological polar surface area (TPSA) is 47.3 Å². The molecular formula is C8H6BrF3N2OS. The summed E-state index contributed by atoms with van der Waals surface area (Å²) in [5, 5.41) is 2.46. The van der Waals surface area contributed by atoms with Gasteiger partial charge < -0.3 is 15.8 Å². The summed E-state index contributed by atoms with van der Waals surface area (Å²) in [6.07, 6.45) is -4.75. The molecule has 3 nitrogen and oxygen atoms in total. The largest absolute Gasteiger partial charge is 0.573 e. The number of rotatable bonds is 2. The molecule has 1 rings (SSSR count). The molecule has 0 fully saturated rings. The van der Waals surface area contributed by atoms with Gasteiger partial charge in [0.05, 0.1) is 10.2 Å². The highest BCUT2D eigenvalue weighted by Gasteiger charge is 2.32. The van der Waals surface area contributed by atoms with Gasteiger partial charge in [0.1, 0.15) is 5.75 Å². The molecule has 0 amide bonds. The molecule has 0 aliphatic rings. The Kier molecular flexibility index (Phi) is 3.98. The van der Waals surface area contributed by atoms with E-state index in [1.807, 2.05) is 0 Å². The lowest BCUT2D eigenvalue weighted by atomic mass is 10.3. The Bertz CT molecular complexity index is 411. The van der Waals surface area contributed by atoms with Gasteiger partial charge in [0, 0.05) is 0 Å². The molecule has 0 radical (unpaired) electrons. The van der Waals surface area contributed by atoms with Gasteiger partial charge in [0.15, 0.2) is 5.11 Å². The van der Waals surface area contributed by atoms with Crippen molar-refractivity contribution >= 4 is 38.9 Å². The van der Waals surface area contributed by atoms with E-state index in [1.165, 1.54) is 18.2 Å². The van der Waals surface area contributed by atoms with E-state index in [0.29, 0.717) is 5.69 Å². The Morgan fingerprint density at radius 2 is 2.06 bits per heavy atom. The van der Waals surface area contributed by atoms with Crippen molar-refractivity contribution in [2.24, 2.45) is 5.73 Å². The predicted octanol–water partition coefficient (Wildman–Crippen LogP) is 3.00. The van der Waals surface area contributed by atoms with Gasteiger partial charge in [-0.1, -0.05) is 6.07 Å². The van der Waals surface area contributed by atoms with Crippen LogP contribution in [0, 0.1) is 0 Å². The first-order valence-electron chi connectivity index (χ1n) is 3.90. The number of halogens is 4. The number of nitrogens with two attached hydrogens (primary N) is 1. The van der Waals surface area contributed by atoms with Crippen LogP contribution < -0.4 is 15.8 Å². The second-order valence-corrected chi connectivity index (χ2v) is 3.89. The molecule has 0 aromatic heterocycles. The zero-order chi connectivity index (χ0) is 12.3. The molecule has 16 heavy (non-hydrogen) atoms. The van der Waals surface area contributed by atoms with Crippen molar-refractivity contribution in [1.82, 2.24) is 0 Å². The van der Waals surface area contributed by atoms with Crippen molar-refractivity contribution in [2.45, 2.75) is 6.36 Å². The Labute approximate surface area is 103 Å². The number of benzene rings is 1.